The van der Waals surface area contributed by atoms with Crippen molar-refractivity contribution in [1.29, 1.82) is 0 Å². The van der Waals surface area contributed by atoms with E-state index in [2.05, 4.69) is 11.0 Å². The lowest BCUT2D eigenvalue weighted by Crippen LogP contribution is -2.34. The van der Waals surface area contributed by atoms with Gasteiger partial charge in [-0.25, -0.2) is 4.98 Å². The number of fused-ring (bicyclic) bond motifs is 3. The van der Waals surface area contributed by atoms with Gasteiger partial charge in [-0.05, 0) is 56.1 Å². The van der Waals surface area contributed by atoms with Crippen LogP contribution in [-0.2, 0) is 12.8 Å². The molecule has 2 heterocycles. The van der Waals surface area contributed by atoms with Crippen LogP contribution in [0.3, 0.4) is 0 Å². The van der Waals surface area contributed by atoms with E-state index in [9.17, 15) is 0 Å². The molecule has 1 aliphatic heterocycles. The van der Waals surface area contributed by atoms with Crippen LogP contribution < -0.4 is 10.6 Å². The Hall–Kier alpha value is -1.16. The standard InChI is InChI=1S/C15H19N3S/c16-14(19)12-7-10-2-1-3-13(10)17-15(12)18-8-9-4-5-11(18)6-9/h7,9,11H,1-6,8H2,(H2,16,19). The maximum atomic E-state index is 5.94. The van der Waals surface area contributed by atoms with E-state index in [0.29, 0.717) is 11.0 Å². The Morgan fingerprint density at radius 2 is 2.26 bits per heavy atom. The van der Waals surface area contributed by atoms with Gasteiger partial charge in [-0.2, -0.15) is 0 Å². The molecule has 1 aromatic heterocycles. The highest BCUT2D eigenvalue weighted by molar-refractivity contribution is 7.80. The average molecular weight is 273 g/mol. The quantitative estimate of drug-likeness (QED) is 0.839. The summed E-state index contributed by atoms with van der Waals surface area (Å²) >= 11 is 5.25. The second-order valence-electron chi connectivity index (χ2n) is 6.17. The number of piperidine rings is 1. The first-order valence-corrected chi connectivity index (χ1v) is 7.72. The highest BCUT2D eigenvalue weighted by Gasteiger charge is 2.39. The van der Waals surface area contributed by atoms with Gasteiger partial charge in [-0.1, -0.05) is 12.2 Å². The SMILES string of the molecule is NC(=S)c1cc2c(nc1N1CC3CCC1C3)CCC2. The van der Waals surface area contributed by atoms with Crippen molar-refractivity contribution in [3.63, 3.8) is 0 Å². The highest BCUT2D eigenvalue weighted by atomic mass is 32.1. The lowest BCUT2D eigenvalue weighted by molar-refractivity contribution is 0.550. The molecule has 0 aromatic carbocycles. The van der Waals surface area contributed by atoms with Crippen LogP contribution in [0.2, 0.25) is 0 Å². The van der Waals surface area contributed by atoms with Crippen LogP contribution in [0.25, 0.3) is 0 Å². The van der Waals surface area contributed by atoms with Crippen molar-refractivity contribution in [2.24, 2.45) is 11.7 Å². The number of nitrogens with two attached hydrogens (primary N) is 1. The predicted octanol–water partition coefficient (Wildman–Crippen LogP) is 2.19. The maximum Gasteiger partial charge on any atom is 0.139 e. The van der Waals surface area contributed by atoms with E-state index < -0.39 is 0 Å². The molecule has 0 amide bonds. The lowest BCUT2D eigenvalue weighted by Gasteiger charge is -2.30. The lowest BCUT2D eigenvalue weighted by atomic mass is 10.1. The minimum Gasteiger partial charge on any atom is -0.389 e. The normalized spacial score (nSPS) is 27.9. The average Bonchev–Trinajstić information content (AvgIpc) is 3.12. The van der Waals surface area contributed by atoms with Gasteiger partial charge >= 0.3 is 0 Å². The Balaban J connectivity index is 1.80. The van der Waals surface area contributed by atoms with Gasteiger partial charge in [-0.3, -0.25) is 0 Å². The van der Waals surface area contributed by atoms with Gasteiger partial charge in [-0.15, -0.1) is 0 Å². The molecule has 0 spiro atoms. The maximum absolute atomic E-state index is 5.94. The fraction of sp³-hybridized carbons (Fsp3) is 0.600. The van der Waals surface area contributed by atoms with Gasteiger partial charge in [0, 0.05) is 18.3 Å². The number of aryl methyl sites for hydroxylation is 2. The number of thiocarbonyl (C=S) groups is 1. The molecule has 4 rings (SSSR count). The molecule has 2 unspecified atom stereocenters. The molecule has 2 aliphatic carbocycles. The largest absolute Gasteiger partial charge is 0.389 e. The number of nitrogens with zero attached hydrogens (tertiary/aromatic N) is 2. The third-order valence-electron chi connectivity index (χ3n) is 4.98. The topological polar surface area (TPSA) is 42.1 Å². The Labute approximate surface area is 119 Å². The minimum absolute atomic E-state index is 0.500. The number of aromatic nitrogens is 1. The third-order valence-corrected chi connectivity index (χ3v) is 5.20. The molecule has 100 valence electrons. The summed E-state index contributed by atoms with van der Waals surface area (Å²) in [7, 11) is 0. The first-order chi connectivity index (χ1) is 9.22. The van der Waals surface area contributed by atoms with Crippen LogP contribution in [0.4, 0.5) is 5.82 Å². The summed E-state index contributed by atoms with van der Waals surface area (Å²) in [5.41, 5.74) is 9.58. The van der Waals surface area contributed by atoms with E-state index in [1.807, 2.05) is 0 Å². The van der Waals surface area contributed by atoms with E-state index in [1.54, 1.807) is 0 Å². The summed E-state index contributed by atoms with van der Waals surface area (Å²) in [6, 6.07) is 2.88. The molecular weight excluding hydrogens is 254 g/mol. The molecule has 2 bridgehead atoms. The van der Waals surface area contributed by atoms with Crippen molar-refractivity contribution in [2.75, 3.05) is 11.4 Å². The number of anilines is 1. The minimum atomic E-state index is 0.500. The molecule has 1 aromatic rings. The zero-order valence-electron chi connectivity index (χ0n) is 11.1. The van der Waals surface area contributed by atoms with E-state index >= 15 is 0 Å². The summed E-state index contributed by atoms with van der Waals surface area (Å²) in [6.07, 6.45) is 7.48. The number of hydrogen-bond donors (Lipinski definition) is 1. The van der Waals surface area contributed by atoms with Crippen LogP contribution >= 0.6 is 12.2 Å². The predicted molar refractivity (Wildman–Crippen MR) is 80.6 cm³/mol. The van der Waals surface area contributed by atoms with Crippen LogP contribution in [0.1, 0.15) is 42.5 Å². The van der Waals surface area contributed by atoms with Gasteiger partial charge < -0.3 is 10.6 Å². The molecule has 19 heavy (non-hydrogen) atoms. The van der Waals surface area contributed by atoms with Crippen molar-refractivity contribution in [3.8, 4) is 0 Å². The van der Waals surface area contributed by atoms with Gasteiger partial charge in [0.1, 0.15) is 10.8 Å². The van der Waals surface area contributed by atoms with Crippen LogP contribution in [0.5, 0.6) is 0 Å². The molecule has 2 atom stereocenters. The summed E-state index contributed by atoms with van der Waals surface area (Å²) in [5.74, 6) is 1.93. The fourth-order valence-corrected chi connectivity index (χ4v) is 4.20. The molecule has 3 aliphatic rings. The smallest absolute Gasteiger partial charge is 0.139 e. The van der Waals surface area contributed by atoms with Crippen LogP contribution in [0.15, 0.2) is 6.07 Å². The van der Waals surface area contributed by atoms with Crippen molar-refractivity contribution in [2.45, 2.75) is 44.6 Å². The molecule has 0 radical (unpaired) electrons. The zero-order valence-corrected chi connectivity index (χ0v) is 11.9. The highest BCUT2D eigenvalue weighted by Crippen LogP contribution is 2.41. The first-order valence-electron chi connectivity index (χ1n) is 7.31. The Bertz CT molecular complexity index is 555. The second kappa shape index (κ2) is 4.17. The monoisotopic (exact) mass is 273 g/mol. The zero-order chi connectivity index (χ0) is 13.0. The number of hydrogen-bond acceptors (Lipinski definition) is 3. The molecular formula is C15H19N3S. The van der Waals surface area contributed by atoms with E-state index in [-0.39, 0.29) is 0 Å². The number of rotatable bonds is 2. The summed E-state index contributed by atoms with van der Waals surface area (Å²) in [4.78, 5) is 7.91. The Kier molecular flexibility index (Phi) is 2.56. The molecule has 1 saturated heterocycles. The molecule has 1 saturated carbocycles. The van der Waals surface area contributed by atoms with Gasteiger partial charge in [0.25, 0.3) is 0 Å². The van der Waals surface area contributed by atoms with Gasteiger partial charge in [0.2, 0.25) is 0 Å². The Morgan fingerprint density at radius 1 is 1.37 bits per heavy atom. The second-order valence-corrected chi connectivity index (χ2v) is 6.61. The summed E-state index contributed by atoms with van der Waals surface area (Å²) < 4.78 is 0. The van der Waals surface area contributed by atoms with Crippen LogP contribution in [0, 0.1) is 5.92 Å². The molecule has 2 N–H and O–H groups in total. The molecule has 4 heteroatoms. The first kappa shape index (κ1) is 11.6. The Morgan fingerprint density at radius 3 is 2.95 bits per heavy atom. The van der Waals surface area contributed by atoms with E-state index in [1.165, 1.54) is 36.9 Å². The molecule has 2 fully saturated rings. The summed E-state index contributed by atoms with van der Waals surface area (Å²) in [6.45, 7) is 1.14. The van der Waals surface area contributed by atoms with Gasteiger partial charge in [0.05, 0.1) is 5.56 Å². The third kappa shape index (κ3) is 1.76. The van der Waals surface area contributed by atoms with Crippen molar-refractivity contribution in [1.82, 2.24) is 4.98 Å². The van der Waals surface area contributed by atoms with Crippen molar-refractivity contribution >= 4 is 23.0 Å². The van der Waals surface area contributed by atoms with E-state index in [4.69, 9.17) is 22.9 Å². The number of pyridine rings is 1. The molecule has 3 nitrogen and oxygen atoms in total. The van der Waals surface area contributed by atoms with Crippen molar-refractivity contribution < 1.29 is 0 Å². The van der Waals surface area contributed by atoms with Crippen molar-refractivity contribution in [3.05, 3.63) is 22.9 Å². The summed E-state index contributed by atoms with van der Waals surface area (Å²) in [5, 5.41) is 0. The van der Waals surface area contributed by atoms with E-state index in [0.717, 1.165) is 36.7 Å². The van der Waals surface area contributed by atoms with Crippen LogP contribution in [-0.4, -0.2) is 22.6 Å². The van der Waals surface area contributed by atoms with Gasteiger partial charge in [0.15, 0.2) is 0 Å². The fourth-order valence-electron chi connectivity index (χ4n) is 4.05.